The number of hydrogen-bond acceptors (Lipinski definition) is 4. The van der Waals surface area contributed by atoms with Gasteiger partial charge >= 0.3 is 6.18 Å². The Balaban J connectivity index is 2.03. The number of aliphatic hydroxyl groups excluding tert-OH is 1. The minimum Gasteiger partial charge on any atom is -0.391 e. The molecule has 0 radical (unpaired) electrons. The number of rotatable bonds is 5. The summed E-state index contributed by atoms with van der Waals surface area (Å²) >= 11 is 0. The summed E-state index contributed by atoms with van der Waals surface area (Å²) < 4.78 is 63.2. The van der Waals surface area contributed by atoms with Crippen molar-refractivity contribution in [1.82, 2.24) is 9.21 Å². The molecule has 1 aromatic rings. The molecule has 24 heavy (non-hydrogen) atoms. The Labute approximate surface area is 139 Å². The molecule has 136 valence electrons. The molecule has 5 nitrogen and oxygen atoms in total. The number of aliphatic hydroxyl groups is 1. The van der Waals surface area contributed by atoms with Gasteiger partial charge in [0.2, 0.25) is 10.0 Å². The number of β-amino-alcohol motifs (C(OH)–C–C–N with tert-alkyl or cyclic N) is 1. The van der Waals surface area contributed by atoms with Crippen LogP contribution in [0.3, 0.4) is 0 Å². The molecular formula is C15H21F3N2O3S. The quantitative estimate of drug-likeness (QED) is 0.856. The fourth-order valence-electron chi connectivity index (χ4n) is 2.76. The molecule has 0 bridgehead atoms. The highest BCUT2D eigenvalue weighted by Crippen LogP contribution is 2.30. The molecule has 0 aliphatic carbocycles. The van der Waals surface area contributed by atoms with Crippen molar-refractivity contribution < 1.29 is 26.7 Å². The third-order valence-electron chi connectivity index (χ3n) is 4.12. The molecule has 2 rings (SSSR count). The highest BCUT2D eigenvalue weighted by atomic mass is 32.2. The minimum absolute atomic E-state index is 0.180. The average Bonchev–Trinajstić information content (AvgIpc) is 2.77. The highest BCUT2D eigenvalue weighted by Gasteiger charge is 2.35. The van der Waals surface area contributed by atoms with Crippen LogP contribution in [0.5, 0.6) is 0 Å². The van der Waals surface area contributed by atoms with Crippen molar-refractivity contribution >= 4 is 10.0 Å². The molecule has 0 spiro atoms. The minimum atomic E-state index is -4.40. The fraction of sp³-hybridized carbons (Fsp3) is 0.600. The molecule has 1 saturated heterocycles. The van der Waals surface area contributed by atoms with Gasteiger partial charge in [-0.3, -0.25) is 4.90 Å². The smallest absolute Gasteiger partial charge is 0.391 e. The molecule has 9 heteroatoms. The monoisotopic (exact) mass is 366 g/mol. The maximum Gasteiger partial charge on any atom is 0.416 e. The van der Waals surface area contributed by atoms with E-state index in [1.807, 2.05) is 0 Å². The lowest BCUT2D eigenvalue weighted by molar-refractivity contribution is -0.137. The zero-order valence-electron chi connectivity index (χ0n) is 13.5. The lowest BCUT2D eigenvalue weighted by Crippen LogP contribution is -2.33. The second kappa shape index (κ2) is 6.99. The topological polar surface area (TPSA) is 60.9 Å². The summed E-state index contributed by atoms with van der Waals surface area (Å²) in [5.41, 5.74) is -0.236. The van der Waals surface area contributed by atoms with E-state index in [4.69, 9.17) is 0 Å². The van der Waals surface area contributed by atoms with E-state index in [1.165, 1.54) is 20.2 Å². The van der Waals surface area contributed by atoms with Crippen LogP contribution in [-0.4, -0.2) is 61.8 Å². The van der Waals surface area contributed by atoms with E-state index in [2.05, 4.69) is 0 Å². The van der Waals surface area contributed by atoms with Gasteiger partial charge in [0.05, 0.1) is 17.4 Å². The van der Waals surface area contributed by atoms with E-state index in [0.29, 0.717) is 12.1 Å². The Kier molecular flexibility index (Phi) is 5.58. The zero-order chi connectivity index (χ0) is 18.1. The number of hydrogen-bond donors (Lipinski definition) is 1. The summed E-state index contributed by atoms with van der Waals surface area (Å²) in [4.78, 5) is 1.77. The number of halogens is 3. The van der Waals surface area contributed by atoms with E-state index < -0.39 is 33.8 Å². The number of nitrogens with zero attached hydrogens (tertiary/aromatic N) is 2. The van der Waals surface area contributed by atoms with Crippen LogP contribution < -0.4 is 0 Å². The summed E-state index contributed by atoms with van der Waals surface area (Å²) in [7, 11) is -0.584. The SMILES string of the molecule is CN(C)S(=O)(=O)C[C@@H]1CN(Cc2cccc(C(F)(F)F)c2)C[C@@H]1O. The molecule has 0 amide bonds. The Morgan fingerprint density at radius 2 is 1.96 bits per heavy atom. The van der Waals surface area contributed by atoms with Crippen molar-refractivity contribution in [2.45, 2.75) is 18.8 Å². The third-order valence-corrected chi connectivity index (χ3v) is 6.09. The first kappa shape index (κ1) is 19.2. The average molecular weight is 366 g/mol. The zero-order valence-corrected chi connectivity index (χ0v) is 14.3. The lowest BCUT2D eigenvalue weighted by Gasteiger charge is -2.18. The van der Waals surface area contributed by atoms with Crippen LogP contribution >= 0.6 is 0 Å². The standard InChI is InChI=1S/C15H21F3N2O3S/c1-19(2)24(22,23)10-12-8-20(9-14(12)21)7-11-4-3-5-13(6-11)15(16,17)18/h3-6,12,14,21H,7-10H2,1-2H3/t12-,14-/m0/s1. The van der Waals surface area contributed by atoms with Crippen molar-refractivity contribution in [3.8, 4) is 0 Å². The van der Waals surface area contributed by atoms with E-state index in [9.17, 15) is 26.7 Å². The molecule has 1 aliphatic rings. The van der Waals surface area contributed by atoms with E-state index in [-0.39, 0.29) is 18.8 Å². The van der Waals surface area contributed by atoms with Gasteiger partial charge in [-0.05, 0) is 11.6 Å². The van der Waals surface area contributed by atoms with Gasteiger partial charge in [-0.2, -0.15) is 13.2 Å². The van der Waals surface area contributed by atoms with Crippen molar-refractivity contribution in [3.63, 3.8) is 0 Å². The second-order valence-electron chi connectivity index (χ2n) is 6.28. The maximum absolute atomic E-state index is 12.7. The Bertz CT molecular complexity index is 677. The van der Waals surface area contributed by atoms with Gasteiger partial charge in [-0.25, -0.2) is 12.7 Å². The van der Waals surface area contributed by atoms with E-state index >= 15 is 0 Å². The second-order valence-corrected chi connectivity index (χ2v) is 8.51. The van der Waals surface area contributed by atoms with Crippen molar-refractivity contribution in [2.75, 3.05) is 32.9 Å². The molecule has 1 heterocycles. The molecule has 1 aliphatic heterocycles. The Morgan fingerprint density at radius 1 is 1.29 bits per heavy atom. The van der Waals surface area contributed by atoms with Crippen LogP contribution in [0, 0.1) is 5.92 Å². The predicted octanol–water partition coefficient (Wildman–Crippen LogP) is 1.39. The molecule has 1 aromatic carbocycles. The summed E-state index contributed by atoms with van der Waals surface area (Å²) in [5, 5.41) is 10.1. The fourth-order valence-corrected chi connectivity index (χ4v) is 3.92. The molecule has 2 atom stereocenters. The van der Waals surface area contributed by atoms with Crippen LogP contribution in [0.2, 0.25) is 0 Å². The van der Waals surface area contributed by atoms with Crippen LogP contribution in [-0.2, 0) is 22.7 Å². The van der Waals surface area contributed by atoms with Crippen LogP contribution in [0.1, 0.15) is 11.1 Å². The Morgan fingerprint density at radius 3 is 2.54 bits per heavy atom. The van der Waals surface area contributed by atoms with Crippen LogP contribution in [0.15, 0.2) is 24.3 Å². The number of sulfonamides is 1. The molecule has 0 saturated carbocycles. The first-order chi connectivity index (χ1) is 11.0. The molecule has 1 N–H and O–H groups in total. The number of likely N-dealkylation sites (tertiary alicyclic amines) is 1. The molecular weight excluding hydrogens is 345 g/mol. The van der Waals surface area contributed by atoms with Gasteiger partial charge in [0.25, 0.3) is 0 Å². The van der Waals surface area contributed by atoms with E-state index in [1.54, 1.807) is 11.0 Å². The van der Waals surface area contributed by atoms with Gasteiger partial charge < -0.3 is 5.11 Å². The number of benzene rings is 1. The third kappa shape index (κ3) is 4.69. The number of alkyl halides is 3. The highest BCUT2D eigenvalue weighted by molar-refractivity contribution is 7.89. The Hall–Kier alpha value is -1.16. The molecule has 1 fully saturated rings. The first-order valence-electron chi connectivity index (χ1n) is 7.46. The van der Waals surface area contributed by atoms with Crippen molar-refractivity contribution in [2.24, 2.45) is 5.92 Å². The van der Waals surface area contributed by atoms with Gasteiger partial charge in [0.15, 0.2) is 0 Å². The predicted molar refractivity (Wildman–Crippen MR) is 83.7 cm³/mol. The van der Waals surface area contributed by atoms with Crippen LogP contribution in [0.25, 0.3) is 0 Å². The van der Waals surface area contributed by atoms with E-state index in [0.717, 1.165) is 16.4 Å². The molecule has 0 unspecified atom stereocenters. The summed E-state index contributed by atoms with van der Waals surface area (Å²) in [5.74, 6) is -0.636. The maximum atomic E-state index is 12.7. The lowest BCUT2D eigenvalue weighted by atomic mass is 10.1. The van der Waals surface area contributed by atoms with Crippen molar-refractivity contribution in [1.29, 1.82) is 0 Å². The summed E-state index contributed by atoms with van der Waals surface area (Å²) in [6.45, 7) is 0.799. The van der Waals surface area contributed by atoms with Gasteiger partial charge in [-0.1, -0.05) is 18.2 Å². The molecule has 0 aromatic heterocycles. The van der Waals surface area contributed by atoms with Gasteiger partial charge in [-0.15, -0.1) is 0 Å². The summed E-state index contributed by atoms with van der Waals surface area (Å²) in [6.07, 6.45) is -5.21. The van der Waals surface area contributed by atoms with Gasteiger partial charge in [0.1, 0.15) is 0 Å². The normalized spacial score (nSPS) is 23.1. The first-order valence-corrected chi connectivity index (χ1v) is 9.07. The van der Waals surface area contributed by atoms with Crippen LogP contribution in [0.4, 0.5) is 13.2 Å². The summed E-state index contributed by atoms with van der Waals surface area (Å²) in [6, 6.07) is 5.02. The van der Waals surface area contributed by atoms with Crippen molar-refractivity contribution in [3.05, 3.63) is 35.4 Å². The van der Waals surface area contributed by atoms with Gasteiger partial charge in [0, 0.05) is 39.6 Å². The largest absolute Gasteiger partial charge is 0.416 e.